The minimum atomic E-state index is -0.337. The Kier molecular flexibility index (Phi) is 5.43. The SMILES string of the molecule is CN(C)CCNC(=O)Nc1ccc(Cl)cc1C#N. The van der Waals surface area contributed by atoms with Gasteiger partial charge in [-0.25, -0.2) is 4.79 Å². The van der Waals surface area contributed by atoms with Crippen LogP contribution in [0.3, 0.4) is 0 Å². The molecule has 1 aromatic rings. The van der Waals surface area contributed by atoms with Crippen LogP contribution in [0.15, 0.2) is 18.2 Å². The maximum Gasteiger partial charge on any atom is 0.319 e. The molecule has 1 aromatic carbocycles. The van der Waals surface area contributed by atoms with Crippen LogP contribution in [0.5, 0.6) is 0 Å². The lowest BCUT2D eigenvalue weighted by Gasteiger charge is -2.12. The van der Waals surface area contributed by atoms with E-state index in [0.29, 0.717) is 22.8 Å². The Morgan fingerprint density at radius 1 is 1.50 bits per heavy atom. The number of amides is 2. The van der Waals surface area contributed by atoms with Gasteiger partial charge in [0.15, 0.2) is 0 Å². The topological polar surface area (TPSA) is 68.2 Å². The van der Waals surface area contributed by atoms with Crippen LogP contribution in [0.4, 0.5) is 10.5 Å². The molecule has 0 unspecified atom stereocenters. The van der Waals surface area contributed by atoms with Crippen molar-refractivity contribution in [2.75, 3.05) is 32.5 Å². The fourth-order valence-electron chi connectivity index (χ4n) is 1.28. The third kappa shape index (κ3) is 4.62. The molecule has 1 rings (SSSR count). The Labute approximate surface area is 111 Å². The number of likely N-dealkylation sites (N-methyl/N-ethyl adjacent to an activating group) is 1. The Bertz CT molecular complexity index is 468. The van der Waals surface area contributed by atoms with Gasteiger partial charge in [0.05, 0.1) is 11.3 Å². The molecule has 6 heteroatoms. The number of carbonyl (C=O) groups excluding carboxylic acids is 1. The van der Waals surface area contributed by atoms with Crippen molar-refractivity contribution in [3.63, 3.8) is 0 Å². The number of benzene rings is 1. The van der Waals surface area contributed by atoms with Gasteiger partial charge in [-0.3, -0.25) is 0 Å². The van der Waals surface area contributed by atoms with Crippen LogP contribution in [-0.2, 0) is 0 Å². The van der Waals surface area contributed by atoms with E-state index in [1.54, 1.807) is 12.1 Å². The van der Waals surface area contributed by atoms with Gasteiger partial charge in [0, 0.05) is 18.1 Å². The highest BCUT2D eigenvalue weighted by atomic mass is 35.5. The van der Waals surface area contributed by atoms with Crippen LogP contribution < -0.4 is 10.6 Å². The Morgan fingerprint density at radius 2 is 2.22 bits per heavy atom. The molecular weight excluding hydrogens is 252 g/mol. The molecule has 0 radical (unpaired) electrons. The average Bonchev–Trinajstić information content (AvgIpc) is 2.31. The molecule has 18 heavy (non-hydrogen) atoms. The summed E-state index contributed by atoms with van der Waals surface area (Å²) in [4.78, 5) is 13.5. The van der Waals surface area contributed by atoms with Crippen LogP contribution >= 0.6 is 11.6 Å². The summed E-state index contributed by atoms with van der Waals surface area (Å²) in [6.45, 7) is 1.29. The van der Waals surface area contributed by atoms with Gasteiger partial charge in [-0.2, -0.15) is 5.26 Å². The second kappa shape index (κ2) is 6.84. The van der Waals surface area contributed by atoms with Crippen molar-refractivity contribution in [3.8, 4) is 6.07 Å². The standard InChI is InChI=1S/C12H15ClN4O/c1-17(2)6-5-15-12(18)16-11-4-3-10(13)7-9(11)8-14/h3-4,7H,5-6H2,1-2H3,(H2,15,16,18). The first-order chi connectivity index (χ1) is 8.52. The summed E-state index contributed by atoms with van der Waals surface area (Å²) < 4.78 is 0. The van der Waals surface area contributed by atoms with E-state index in [0.717, 1.165) is 6.54 Å². The van der Waals surface area contributed by atoms with E-state index in [1.807, 2.05) is 25.1 Å². The smallest absolute Gasteiger partial charge is 0.319 e. The molecule has 0 spiro atoms. The van der Waals surface area contributed by atoms with E-state index < -0.39 is 0 Å². The average molecular weight is 267 g/mol. The predicted molar refractivity (Wildman–Crippen MR) is 71.7 cm³/mol. The van der Waals surface area contributed by atoms with E-state index >= 15 is 0 Å². The van der Waals surface area contributed by atoms with Gasteiger partial charge in [-0.1, -0.05) is 11.6 Å². The molecule has 0 saturated carbocycles. The number of nitrogens with one attached hydrogen (secondary N) is 2. The van der Waals surface area contributed by atoms with E-state index in [1.165, 1.54) is 6.07 Å². The van der Waals surface area contributed by atoms with Crippen molar-refractivity contribution < 1.29 is 4.79 Å². The van der Waals surface area contributed by atoms with Crippen molar-refractivity contribution in [1.82, 2.24) is 10.2 Å². The number of halogens is 1. The maximum atomic E-state index is 11.6. The molecule has 0 fully saturated rings. The number of carbonyl (C=O) groups is 1. The number of nitrogens with zero attached hydrogens (tertiary/aromatic N) is 2. The maximum absolute atomic E-state index is 11.6. The minimum absolute atomic E-state index is 0.337. The Hall–Kier alpha value is -1.77. The van der Waals surface area contributed by atoms with Gasteiger partial charge in [0.25, 0.3) is 0 Å². The van der Waals surface area contributed by atoms with Gasteiger partial charge in [-0.15, -0.1) is 0 Å². The molecule has 0 aromatic heterocycles. The summed E-state index contributed by atoms with van der Waals surface area (Å²) in [6, 6.07) is 6.38. The molecule has 2 amide bonds. The molecule has 2 N–H and O–H groups in total. The lowest BCUT2D eigenvalue weighted by molar-refractivity contribution is 0.250. The zero-order chi connectivity index (χ0) is 13.5. The van der Waals surface area contributed by atoms with E-state index in [-0.39, 0.29) is 6.03 Å². The second-order valence-electron chi connectivity index (χ2n) is 3.99. The fourth-order valence-corrected chi connectivity index (χ4v) is 1.45. The highest BCUT2D eigenvalue weighted by molar-refractivity contribution is 6.30. The van der Waals surface area contributed by atoms with Crippen molar-refractivity contribution in [3.05, 3.63) is 28.8 Å². The van der Waals surface area contributed by atoms with Crippen molar-refractivity contribution in [2.24, 2.45) is 0 Å². The molecule has 0 heterocycles. The largest absolute Gasteiger partial charge is 0.337 e. The highest BCUT2D eigenvalue weighted by Gasteiger charge is 2.06. The quantitative estimate of drug-likeness (QED) is 0.875. The van der Waals surface area contributed by atoms with E-state index in [2.05, 4.69) is 10.6 Å². The molecule has 0 aliphatic heterocycles. The van der Waals surface area contributed by atoms with Gasteiger partial charge in [0.1, 0.15) is 6.07 Å². The Balaban J connectivity index is 2.57. The summed E-state index contributed by atoms with van der Waals surface area (Å²) in [6.07, 6.45) is 0. The number of hydrogen-bond donors (Lipinski definition) is 2. The van der Waals surface area contributed by atoms with Crippen LogP contribution in [-0.4, -0.2) is 38.1 Å². The first kappa shape index (κ1) is 14.3. The predicted octanol–water partition coefficient (Wildman–Crippen LogP) is 1.89. The number of urea groups is 1. The summed E-state index contributed by atoms with van der Waals surface area (Å²) >= 11 is 5.77. The third-order valence-corrected chi connectivity index (χ3v) is 2.43. The third-order valence-electron chi connectivity index (χ3n) is 2.19. The Morgan fingerprint density at radius 3 is 2.83 bits per heavy atom. The second-order valence-corrected chi connectivity index (χ2v) is 4.42. The van der Waals surface area contributed by atoms with E-state index in [9.17, 15) is 4.79 Å². The molecule has 96 valence electrons. The summed E-state index contributed by atoms with van der Waals surface area (Å²) in [5.74, 6) is 0. The highest BCUT2D eigenvalue weighted by Crippen LogP contribution is 2.19. The lowest BCUT2D eigenvalue weighted by atomic mass is 10.2. The molecule has 0 aliphatic carbocycles. The minimum Gasteiger partial charge on any atom is -0.337 e. The van der Waals surface area contributed by atoms with E-state index in [4.69, 9.17) is 16.9 Å². The molecule has 0 atom stereocenters. The van der Waals surface area contributed by atoms with Crippen molar-refractivity contribution >= 4 is 23.3 Å². The van der Waals surface area contributed by atoms with Crippen LogP contribution in [0, 0.1) is 11.3 Å². The monoisotopic (exact) mass is 266 g/mol. The van der Waals surface area contributed by atoms with Crippen LogP contribution in [0.25, 0.3) is 0 Å². The zero-order valence-electron chi connectivity index (χ0n) is 10.3. The van der Waals surface area contributed by atoms with Gasteiger partial charge in [0.2, 0.25) is 0 Å². The summed E-state index contributed by atoms with van der Waals surface area (Å²) in [7, 11) is 3.85. The van der Waals surface area contributed by atoms with Crippen LogP contribution in [0.2, 0.25) is 5.02 Å². The molecule has 0 aliphatic rings. The molecule has 0 saturated heterocycles. The first-order valence-electron chi connectivity index (χ1n) is 5.42. The molecular formula is C12H15ClN4O. The van der Waals surface area contributed by atoms with Gasteiger partial charge in [-0.05, 0) is 32.3 Å². The van der Waals surface area contributed by atoms with Crippen LogP contribution in [0.1, 0.15) is 5.56 Å². The van der Waals surface area contributed by atoms with Crippen molar-refractivity contribution in [1.29, 1.82) is 5.26 Å². The van der Waals surface area contributed by atoms with Crippen molar-refractivity contribution in [2.45, 2.75) is 0 Å². The number of hydrogen-bond acceptors (Lipinski definition) is 3. The molecule has 0 bridgehead atoms. The first-order valence-corrected chi connectivity index (χ1v) is 5.80. The summed E-state index contributed by atoms with van der Waals surface area (Å²) in [5, 5.41) is 14.7. The normalized spacial score (nSPS) is 9.94. The number of rotatable bonds is 4. The van der Waals surface area contributed by atoms with Gasteiger partial charge < -0.3 is 15.5 Å². The molecule has 5 nitrogen and oxygen atoms in total. The lowest BCUT2D eigenvalue weighted by Crippen LogP contribution is -2.34. The number of nitriles is 1. The van der Waals surface area contributed by atoms with Gasteiger partial charge >= 0.3 is 6.03 Å². The zero-order valence-corrected chi connectivity index (χ0v) is 11.1. The fraction of sp³-hybridized carbons (Fsp3) is 0.333. The summed E-state index contributed by atoms with van der Waals surface area (Å²) in [5.41, 5.74) is 0.787. The number of anilines is 1.